The zero-order chi connectivity index (χ0) is 16.1. The second-order valence-electron chi connectivity index (χ2n) is 6.17. The molecular weight excluding hydrogens is 278 g/mol. The van der Waals surface area contributed by atoms with Gasteiger partial charge in [-0.05, 0) is 25.8 Å². The number of anilines is 1. The van der Waals surface area contributed by atoms with E-state index in [1.807, 2.05) is 26.0 Å². The van der Waals surface area contributed by atoms with Crippen molar-refractivity contribution < 1.29 is 14.3 Å². The summed E-state index contributed by atoms with van der Waals surface area (Å²) in [6, 6.07) is 3.89. The predicted octanol–water partition coefficient (Wildman–Crippen LogP) is 4.17. The van der Waals surface area contributed by atoms with E-state index in [0.29, 0.717) is 24.6 Å². The van der Waals surface area contributed by atoms with Gasteiger partial charge in [-0.25, -0.2) is 0 Å². The number of benzene rings is 1. The fraction of sp³-hybridized carbons (Fsp3) is 0.611. The van der Waals surface area contributed by atoms with E-state index in [2.05, 4.69) is 19.2 Å². The highest BCUT2D eigenvalue weighted by Crippen LogP contribution is 2.38. The van der Waals surface area contributed by atoms with Crippen LogP contribution in [0.1, 0.15) is 52.5 Å². The topological polar surface area (TPSA) is 47.6 Å². The van der Waals surface area contributed by atoms with Gasteiger partial charge in [0.15, 0.2) is 0 Å². The van der Waals surface area contributed by atoms with Crippen molar-refractivity contribution in [3.63, 3.8) is 0 Å². The molecule has 1 aliphatic heterocycles. The van der Waals surface area contributed by atoms with Gasteiger partial charge < -0.3 is 14.8 Å². The molecule has 0 aromatic heterocycles. The lowest BCUT2D eigenvalue weighted by Crippen LogP contribution is -2.16. The average molecular weight is 305 g/mol. The largest absolute Gasteiger partial charge is 0.492 e. The Hall–Kier alpha value is -1.71. The molecule has 1 aromatic carbocycles. The summed E-state index contributed by atoms with van der Waals surface area (Å²) in [6.07, 6.45) is 3.77. The molecule has 0 radical (unpaired) electrons. The summed E-state index contributed by atoms with van der Waals surface area (Å²) in [7, 11) is 0. The van der Waals surface area contributed by atoms with Crippen LogP contribution in [0.4, 0.5) is 5.69 Å². The molecule has 122 valence electrons. The number of carbonyl (C=O) groups excluding carboxylic acids is 1. The van der Waals surface area contributed by atoms with E-state index in [1.165, 1.54) is 0 Å². The fourth-order valence-electron chi connectivity index (χ4n) is 2.92. The lowest BCUT2D eigenvalue weighted by atomic mass is 10.0. The van der Waals surface area contributed by atoms with Crippen molar-refractivity contribution in [3.05, 3.63) is 17.7 Å². The first kappa shape index (κ1) is 16.7. The van der Waals surface area contributed by atoms with E-state index in [4.69, 9.17) is 9.47 Å². The molecular formula is C18H27NO3. The smallest absolute Gasteiger partial charge is 0.224 e. The highest BCUT2D eigenvalue weighted by molar-refractivity contribution is 5.92. The van der Waals surface area contributed by atoms with Gasteiger partial charge in [-0.3, -0.25) is 4.79 Å². The summed E-state index contributed by atoms with van der Waals surface area (Å²) < 4.78 is 11.5. The lowest BCUT2D eigenvalue weighted by Gasteiger charge is -2.15. The van der Waals surface area contributed by atoms with Crippen LogP contribution in [0.2, 0.25) is 0 Å². The molecule has 0 spiro atoms. The van der Waals surface area contributed by atoms with Crippen LogP contribution in [-0.2, 0) is 11.2 Å². The monoisotopic (exact) mass is 305 g/mol. The molecule has 1 amide bonds. The van der Waals surface area contributed by atoms with Crippen molar-refractivity contribution in [2.24, 2.45) is 5.92 Å². The maximum absolute atomic E-state index is 12.2. The normalized spacial score (nSPS) is 17.5. The number of ether oxygens (including phenoxy) is 2. The standard InChI is InChI=1S/C18H27NO3/c1-5-7-12(3)8-18(20)19-15-11-16-14(9-13(4)22-16)10-17(15)21-6-2/h10-13H,5-9H2,1-4H3,(H,19,20). The van der Waals surface area contributed by atoms with Gasteiger partial charge >= 0.3 is 0 Å². The van der Waals surface area contributed by atoms with Crippen LogP contribution in [0.15, 0.2) is 12.1 Å². The quantitative estimate of drug-likeness (QED) is 0.822. The van der Waals surface area contributed by atoms with Crippen molar-refractivity contribution in [2.75, 3.05) is 11.9 Å². The van der Waals surface area contributed by atoms with Crippen LogP contribution in [0.3, 0.4) is 0 Å². The molecule has 0 fully saturated rings. The van der Waals surface area contributed by atoms with Crippen LogP contribution in [0.5, 0.6) is 11.5 Å². The first-order valence-electron chi connectivity index (χ1n) is 8.29. The van der Waals surface area contributed by atoms with Gasteiger partial charge in [0.25, 0.3) is 0 Å². The second-order valence-corrected chi connectivity index (χ2v) is 6.17. The third-order valence-corrected chi connectivity index (χ3v) is 3.89. The summed E-state index contributed by atoms with van der Waals surface area (Å²) in [6.45, 7) is 8.82. The van der Waals surface area contributed by atoms with Gasteiger partial charge in [-0.2, -0.15) is 0 Å². The van der Waals surface area contributed by atoms with Crippen LogP contribution in [-0.4, -0.2) is 18.6 Å². The predicted molar refractivity (Wildman–Crippen MR) is 88.7 cm³/mol. The van der Waals surface area contributed by atoms with E-state index < -0.39 is 0 Å². The Morgan fingerprint density at radius 1 is 1.45 bits per heavy atom. The van der Waals surface area contributed by atoms with Crippen LogP contribution in [0, 0.1) is 5.92 Å². The zero-order valence-corrected chi connectivity index (χ0v) is 14.1. The number of fused-ring (bicyclic) bond motifs is 1. The van der Waals surface area contributed by atoms with Crippen molar-refractivity contribution >= 4 is 11.6 Å². The van der Waals surface area contributed by atoms with E-state index in [9.17, 15) is 4.79 Å². The second kappa shape index (κ2) is 7.52. The molecule has 1 aliphatic rings. The Labute approximate surface area is 133 Å². The number of rotatable bonds is 7. The Morgan fingerprint density at radius 2 is 2.23 bits per heavy atom. The van der Waals surface area contributed by atoms with Gasteiger partial charge in [0.05, 0.1) is 12.3 Å². The van der Waals surface area contributed by atoms with E-state index in [0.717, 1.165) is 36.3 Å². The van der Waals surface area contributed by atoms with Gasteiger partial charge in [-0.1, -0.05) is 26.7 Å². The molecule has 2 atom stereocenters. The minimum atomic E-state index is 0.0351. The van der Waals surface area contributed by atoms with Crippen molar-refractivity contribution in [3.8, 4) is 11.5 Å². The van der Waals surface area contributed by atoms with Gasteiger partial charge in [0.1, 0.15) is 17.6 Å². The Balaban J connectivity index is 2.12. The lowest BCUT2D eigenvalue weighted by molar-refractivity contribution is -0.117. The van der Waals surface area contributed by atoms with Gasteiger partial charge in [0, 0.05) is 24.5 Å². The maximum Gasteiger partial charge on any atom is 0.224 e. The summed E-state index contributed by atoms with van der Waals surface area (Å²) in [5, 5.41) is 2.99. The van der Waals surface area contributed by atoms with E-state index >= 15 is 0 Å². The number of carbonyl (C=O) groups is 1. The highest BCUT2D eigenvalue weighted by Gasteiger charge is 2.22. The molecule has 0 aliphatic carbocycles. The number of hydrogen-bond donors (Lipinski definition) is 1. The maximum atomic E-state index is 12.2. The Morgan fingerprint density at radius 3 is 2.91 bits per heavy atom. The molecule has 1 heterocycles. The summed E-state index contributed by atoms with van der Waals surface area (Å²) in [4.78, 5) is 12.2. The van der Waals surface area contributed by atoms with Crippen molar-refractivity contribution in [1.82, 2.24) is 0 Å². The number of nitrogens with one attached hydrogen (secondary N) is 1. The zero-order valence-electron chi connectivity index (χ0n) is 14.1. The molecule has 0 saturated carbocycles. The average Bonchev–Trinajstić information content (AvgIpc) is 2.78. The molecule has 2 unspecified atom stereocenters. The van der Waals surface area contributed by atoms with Gasteiger partial charge in [-0.15, -0.1) is 0 Å². The fourth-order valence-corrected chi connectivity index (χ4v) is 2.92. The summed E-state index contributed by atoms with van der Waals surface area (Å²) in [5.74, 6) is 2.02. The third kappa shape index (κ3) is 4.15. The highest BCUT2D eigenvalue weighted by atomic mass is 16.5. The summed E-state index contributed by atoms with van der Waals surface area (Å²) >= 11 is 0. The van der Waals surface area contributed by atoms with Crippen LogP contribution in [0.25, 0.3) is 0 Å². The van der Waals surface area contributed by atoms with E-state index in [1.54, 1.807) is 0 Å². The molecule has 1 N–H and O–H groups in total. The Bertz CT molecular complexity index is 527. The molecule has 1 aromatic rings. The van der Waals surface area contributed by atoms with Crippen molar-refractivity contribution in [2.45, 2.75) is 59.5 Å². The molecule has 0 saturated heterocycles. The molecule has 0 bridgehead atoms. The third-order valence-electron chi connectivity index (χ3n) is 3.89. The first-order chi connectivity index (χ1) is 10.5. The van der Waals surface area contributed by atoms with E-state index in [-0.39, 0.29) is 12.0 Å². The van der Waals surface area contributed by atoms with Crippen LogP contribution >= 0.6 is 0 Å². The molecule has 22 heavy (non-hydrogen) atoms. The SMILES string of the molecule is CCCC(C)CC(=O)Nc1cc2c(cc1OCC)CC(C)O2. The van der Waals surface area contributed by atoms with Crippen LogP contribution < -0.4 is 14.8 Å². The summed E-state index contributed by atoms with van der Waals surface area (Å²) in [5.41, 5.74) is 1.86. The molecule has 4 heteroatoms. The Kier molecular flexibility index (Phi) is 5.69. The molecule has 4 nitrogen and oxygen atoms in total. The number of hydrogen-bond acceptors (Lipinski definition) is 3. The van der Waals surface area contributed by atoms with Crippen molar-refractivity contribution in [1.29, 1.82) is 0 Å². The van der Waals surface area contributed by atoms with Gasteiger partial charge in [0.2, 0.25) is 5.91 Å². The molecule has 2 rings (SSSR count). The first-order valence-corrected chi connectivity index (χ1v) is 8.29. The minimum Gasteiger partial charge on any atom is -0.492 e. The number of amides is 1. The minimum absolute atomic E-state index is 0.0351.